The molecule has 2 amide bonds. The topological polar surface area (TPSA) is 104 Å². The molecule has 7 nitrogen and oxygen atoms in total. The van der Waals surface area contributed by atoms with Crippen molar-refractivity contribution in [1.82, 2.24) is 10.2 Å². The van der Waals surface area contributed by atoms with Crippen LogP contribution in [-0.2, 0) is 14.6 Å². The SMILES string of the molecule is CCS(=O)(=O)CCNC(=O)N(CCC(=O)O)C(C)(C)C. The maximum atomic E-state index is 12.0. The fourth-order valence-electron chi connectivity index (χ4n) is 1.50. The van der Waals surface area contributed by atoms with Gasteiger partial charge in [-0.15, -0.1) is 0 Å². The molecule has 0 spiro atoms. The Hall–Kier alpha value is -1.31. The number of amides is 2. The predicted octanol–water partition coefficient (Wildman–Crippen LogP) is 0.706. The number of nitrogens with one attached hydrogen (secondary N) is 1. The lowest BCUT2D eigenvalue weighted by atomic mass is 10.1. The highest BCUT2D eigenvalue weighted by Gasteiger charge is 2.26. The van der Waals surface area contributed by atoms with Gasteiger partial charge in [0.25, 0.3) is 0 Å². The van der Waals surface area contributed by atoms with Crippen molar-refractivity contribution >= 4 is 21.8 Å². The molecule has 0 heterocycles. The van der Waals surface area contributed by atoms with Gasteiger partial charge in [-0.3, -0.25) is 4.79 Å². The van der Waals surface area contributed by atoms with E-state index in [-0.39, 0.29) is 31.0 Å². The Morgan fingerprint density at radius 3 is 2.20 bits per heavy atom. The minimum atomic E-state index is -3.13. The van der Waals surface area contributed by atoms with Crippen molar-refractivity contribution in [1.29, 1.82) is 0 Å². The number of carboxylic acids is 1. The molecule has 0 aliphatic rings. The zero-order chi connectivity index (χ0) is 16.0. The van der Waals surface area contributed by atoms with Gasteiger partial charge in [0.15, 0.2) is 9.84 Å². The van der Waals surface area contributed by atoms with E-state index >= 15 is 0 Å². The van der Waals surface area contributed by atoms with Gasteiger partial charge < -0.3 is 15.3 Å². The van der Waals surface area contributed by atoms with Crippen molar-refractivity contribution in [2.75, 3.05) is 24.6 Å². The minimum absolute atomic E-state index is 0.0225. The average molecular weight is 308 g/mol. The van der Waals surface area contributed by atoms with Gasteiger partial charge in [0, 0.05) is 24.4 Å². The summed E-state index contributed by atoms with van der Waals surface area (Å²) in [5.41, 5.74) is -0.539. The zero-order valence-electron chi connectivity index (χ0n) is 12.5. The van der Waals surface area contributed by atoms with Crippen LogP contribution in [0.4, 0.5) is 4.79 Å². The normalized spacial score (nSPS) is 12.0. The molecule has 0 unspecified atom stereocenters. The molecule has 20 heavy (non-hydrogen) atoms. The number of nitrogens with zero attached hydrogens (tertiary/aromatic N) is 1. The summed E-state index contributed by atoms with van der Waals surface area (Å²) < 4.78 is 22.6. The molecule has 0 aromatic heterocycles. The fourth-order valence-corrected chi connectivity index (χ4v) is 2.20. The molecule has 0 atom stereocenters. The largest absolute Gasteiger partial charge is 0.481 e. The third-order valence-corrected chi connectivity index (χ3v) is 4.44. The van der Waals surface area contributed by atoms with E-state index in [1.54, 1.807) is 27.7 Å². The van der Waals surface area contributed by atoms with Crippen LogP contribution in [0.3, 0.4) is 0 Å². The number of carboxylic acid groups (broad SMARTS) is 1. The van der Waals surface area contributed by atoms with Crippen LogP contribution in [0.15, 0.2) is 0 Å². The quantitative estimate of drug-likeness (QED) is 0.720. The minimum Gasteiger partial charge on any atom is -0.481 e. The van der Waals surface area contributed by atoms with E-state index in [1.807, 2.05) is 0 Å². The molecule has 0 fully saturated rings. The maximum absolute atomic E-state index is 12.0. The van der Waals surface area contributed by atoms with Crippen LogP contribution in [0, 0.1) is 0 Å². The first-order valence-corrected chi connectivity index (χ1v) is 8.29. The van der Waals surface area contributed by atoms with Crippen LogP contribution in [0.5, 0.6) is 0 Å². The van der Waals surface area contributed by atoms with E-state index in [0.717, 1.165) is 0 Å². The standard InChI is InChI=1S/C12H24N2O5S/c1-5-20(18,19)9-7-13-11(17)14(12(2,3)4)8-6-10(15)16/h5-9H2,1-4H3,(H,13,17)(H,15,16). The van der Waals surface area contributed by atoms with E-state index < -0.39 is 27.4 Å². The van der Waals surface area contributed by atoms with Gasteiger partial charge in [-0.2, -0.15) is 0 Å². The summed E-state index contributed by atoms with van der Waals surface area (Å²) in [4.78, 5) is 24.0. The molecule has 0 aromatic carbocycles. The van der Waals surface area contributed by atoms with E-state index in [2.05, 4.69) is 5.32 Å². The number of aliphatic carboxylic acids is 1. The lowest BCUT2D eigenvalue weighted by Crippen LogP contribution is -2.51. The molecular weight excluding hydrogens is 284 g/mol. The number of sulfone groups is 1. The summed E-state index contributed by atoms with van der Waals surface area (Å²) in [5, 5.41) is 11.2. The second-order valence-electron chi connectivity index (χ2n) is 5.43. The maximum Gasteiger partial charge on any atom is 0.317 e. The summed E-state index contributed by atoms with van der Waals surface area (Å²) in [6.07, 6.45) is -0.155. The molecule has 8 heteroatoms. The zero-order valence-corrected chi connectivity index (χ0v) is 13.3. The third-order valence-electron chi connectivity index (χ3n) is 2.73. The van der Waals surface area contributed by atoms with Gasteiger partial charge in [-0.05, 0) is 20.8 Å². The first kappa shape index (κ1) is 18.7. The van der Waals surface area contributed by atoms with Crippen molar-refractivity contribution in [3.8, 4) is 0 Å². The van der Waals surface area contributed by atoms with Gasteiger partial charge in [-0.1, -0.05) is 6.92 Å². The summed E-state index contributed by atoms with van der Waals surface area (Å²) in [5.74, 6) is -1.07. The highest BCUT2D eigenvalue weighted by Crippen LogP contribution is 2.13. The second kappa shape index (κ2) is 7.47. The van der Waals surface area contributed by atoms with E-state index in [0.29, 0.717) is 0 Å². The van der Waals surface area contributed by atoms with Crippen LogP contribution in [-0.4, -0.2) is 60.6 Å². The van der Waals surface area contributed by atoms with Crippen molar-refractivity contribution in [2.24, 2.45) is 0 Å². The van der Waals surface area contributed by atoms with Crippen molar-refractivity contribution < 1.29 is 23.1 Å². The van der Waals surface area contributed by atoms with Gasteiger partial charge in [0.1, 0.15) is 0 Å². The predicted molar refractivity (Wildman–Crippen MR) is 76.4 cm³/mol. The summed E-state index contributed by atoms with van der Waals surface area (Å²) in [7, 11) is -3.13. The second-order valence-corrected chi connectivity index (χ2v) is 7.91. The molecule has 0 rings (SSSR count). The Labute approximate surface area is 120 Å². The molecule has 0 aliphatic heterocycles. The molecule has 0 aromatic rings. The molecule has 0 aliphatic carbocycles. The van der Waals surface area contributed by atoms with Gasteiger partial charge in [0.2, 0.25) is 0 Å². The Bertz CT molecular complexity index is 439. The summed E-state index contributed by atoms with van der Waals surface area (Å²) in [6.45, 7) is 7.01. The molecule has 0 bridgehead atoms. The first-order valence-electron chi connectivity index (χ1n) is 6.47. The van der Waals surface area contributed by atoms with Crippen LogP contribution in [0.1, 0.15) is 34.1 Å². The fraction of sp³-hybridized carbons (Fsp3) is 0.833. The van der Waals surface area contributed by atoms with Crippen LogP contribution in [0.2, 0.25) is 0 Å². The number of urea groups is 1. The van der Waals surface area contributed by atoms with E-state index in [4.69, 9.17) is 5.11 Å². The summed E-state index contributed by atoms with van der Waals surface area (Å²) >= 11 is 0. The van der Waals surface area contributed by atoms with Crippen molar-refractivity contribution in [3.63, 3.8) is 0 Å². The monoisotopic (exact) mass is 308 g/mol. The van der Waals surface area contributed by atoms with Gasteiger partial charge >= 0.3 is 12.0 Å². The molecule has 2 N–H and O–H groups in total. The molecule has 118 valence electrons. The highest BCUT2D eigenvalue weighted by molar-refractivity contribution is 7.91. The highest BCUT2D eigenvalue weighted by atomic mass is 32.2. The molecule has 0 radical (unpaired) electrons. The number of carbonyl (C=O) groups is 2. The van der Waals surface area contributed by atoms with Crippen molar-refractivity contribution in [3.05, 3.63) is 0 Å². The van der Waals surface area contributed by atoms with E-state index in [1.165, 1.54) is 4.90 Å². The van der Waals surface area contributed by atoms with Crippen LogP contribution < -0.4 is 5.32 Å². The number of hydrogen-bond acceptors (Lipinski definition) is 4. The number of rotatable bonds is 7. The smallest absolute Gasteiger partial charge is 0.317 e. The van der Waals surface area contributed by atoms with Gasteiger partial charge in [-0.25, -0.2) is 13.2 Å². The van der Waals surface area contributed by atoms with Crippen LogP contribution >= 0.6 is 0 Å². The lowest BCUT2D eigenvalue weighted by molar-refractivity contribution is -0.137. The molecule has 0 saturated heterocycles. The number of carbonyl (C=O) groups excluding carboxylic acids is 1. The average Bonchev–Trinajstić information content (AvgIpc) is 2.26. The Balaban J connectivity index is 4.53. The lowest BCUT2D eigenvalue weighted by Gasteiger charge is -2.35. The molecular formula is C12H24N2O5S. The molecule has 0 saturated carbocycles. The number of hydrogen-bond donors (Lipinski definition) is 2. The first-order chi connectivity index (χ1) is 8.99. The van der Waals surface area contributed by atoms with Crippen molar-refractivity contribution in [2.45, 2.75) is 39.7 Å². The van der Waals surface area contributed by atoms with Gasteiger partial charge in [0.05, 0.1) is 12.2 Å². The Morgan fingerprint density at radius 2 is 1.80 bits per heavy atom. The summed E-state index contributed by atoms with van der Waals surface area (Å²) in [6, 6.07) is -0.454. The van der Waals surface area contributed by atoms with Crippen LogP contribution in [0.25, 0.3) is 0 Å². The van der Waals surface area contributed by atoms with E-state index in [9.17, 15) is 18.0 Å². The Kier molecular flexibility index (Phi) is 6.98. The third kappa shape index (κ3) is 7.32. The Morgan fingerprint density at radius 1 is 1.25 bits per heavy atom.